The zero-order valence-electron chi connectivity index (χ0n) is 9.76. The van der Waals surface area contributed by atoms with Crippen molar-refractivity contribution >= 4 is 15.7 Å². The maximum atomic E-state index is 11.3. The van der Waals surface area contributed by atoms with Gasteiger partial charge in [-0.2, -0.15) is 0 Å². The first-order chi connectivity index (χ1) is 7.29. The summed E-state index contributed by atoms with van der Waals surface area (Å²) in [6.07, 6.45) is 0.687. The van der Waals surface area contributed by atoms with Crippen molar-refractivity contribution in [1.82, 2.24) is 5.32 Å². The molecule has 0 saturated carbocycles. The van der Waals surface area contributed by atoms with Gasteiger partial charge in [-0.3, -0.25) is 4.79 Å². The third-order valence-electron chi connectivity index (χ3n) is 2.15. The first kappa shape index (κ1) is 15.3. The Morgan fingerprint density at radius 3 is 2.50 bits per heavy atom. The zero-order valence-corrected chi connectivity index (χ0v) is 10.6. The van der Waals surface area contributed by atoms with Gasteiger partial charge in [-0.05, 0) is 13.3 Å². The number of sulfone groups is 1. The van der Waals surface area contributed by atoms with Gasteiger partial charge in [0, 0.05) is 19.9 Å². The largest absolute Gasteiger partial charge is 0.391 e. The van der Waals surface area contributed by atoms with Crippen LogP contribution in [0.2, 0.25) is 0 Å². The summed E-state index contributed by atoms with van der Waals surface area (Å²) in [6, 6.07) is 0. The van der Waals surface area contributed by atoms with Crippen molar-refractivity contribution in [3.8, 4) is 0 Å². The monoisotopic (exact) mass is 253 g/mol. The highest BCUT2D eigenvalue weighted by molar-refractivity contribution is 7.92. The molecule has 0 radical (unpaired) electrons. The molecule has 2 unspecified atom stereocenters. The van der Waals surface area contributed by atoms with Crippen LogP contribution < -0.4 is 5.32 Å². The van der Waals surface area contributed by atoms with E-state index in [9.17, 15) is 18.3 Å². The van der Waals surface area contributed by atoms with Gasteiger partial charge in [0.05, 0.1) is 12.7 Å². The van der Waals surface area contributed by atoms with Gasteiger partial charge >= 0.3 is 0 Å². The number of methoxy groups -OCH3 is 1. The van der Waals surface area contributed by atoms with Gasteiger partial charge in [0.15, 0.2) is 9.84 Å². The molecule has 0 aromatic carbocycles. The highest BCUT2D eigenvalue weighted by atomic mass is 32.2. The highest BCUT2D eigenvalue weighted by Crippen LogP contribution is 1.98. The van der Waals surface area contributed by atoms with Gasteiger partial charge in [0.25, 0.3) is 0 Å². The molecule has 2 N–H and O–H groups in total. The average molecular weight is 253 g/mol. The minimum Gasteiger partial charge on any atom is -0.391 e. The van der Waals surface area contributed by atoms with Gasteiger partial charge in [0.1, 0.15) is 5.25 Å². The maximum absolute atomic E-state index is 11.3. The molecule has 0 bridgehead atoms. The molecular formula is C9H19NO5S. The van der Waals surface area contributed by atoms with Gasteiger partial charge in [-0.1, -0.05) is 0 Å². The second kappa shape index (κ2) is 6.82. The van der Waals surface area contributed by atoms with E-state index in [2.05, 4.69) is 5.32 Å². The van der Waals surface area contributed by atoms with Gasteiger partial charge in [-0.15, -0.1) is 0 Å². The van der Waals surface area contributed by atoms with Gasteiger partial charge in [0.2, 0.25) is 5.91 Å². The number of nitrogens with one attached hydrogen (secondary N) is 1. The molecular weight excluding hydrogens is 234 g/mol. The summed E-state index contributed by atoms with van der Waals surface area (Å²) in [5.41, 5.74) is 0. The fourth-order valence-corrected chi connectivity index (χ4v) is 1.45. The molecule has 2 atom stereocenters. The fraction of sp³-hybridized carbons (Fsp3) is 0.889. The fourth-order valence-electron chi connectivity index (χ4n) is 0.976. The number of hydrogen-bond donors (Lipinski definition) is 2. The lowest BCUT2D eigenvalue weighted by Gasteiger charge is -2.12. The summed E-state index contributed by atoms with van der Waals surface area (Å²) in [5.74, 6) is -0.549. The van der Waals surface area contributed by atoms with E-state index in [4.69, 9.17) is 4.74 Å². The van der Waals surface area contributed by atoms with Crippen molar-refractivity contribution in [2.75, 3.05) is 26.5 Å². The molecule has 0 aromatic heterocycles. The lowest BCUT2D eigenvalue weighted by molar-refractivity contribution is -0.120. The number of hydrogen-bond acceptors (Lipinski definition) is 5. The molecule has 0 fully saturated rings. The standard InChI is InChI=1S/C9H19NO5S/c1-7(16(3,13)14)9(12)10-5-4-8(11)6-15-2/h7-8,11H,4-6H2,1-3H3,(H,10,12). The Bertz CT molecular complexity index is 314. The van der Waals surface area contributed by atoms with Crippen molar-refractivity contribution < 1.29 is 23.1 Å². The molecule has 96 valence electrons. The predicted molar refractivity (Wildman–Crippen MR) is 59.8 cm³/mol. The van der Waals surface area contributed by atoms with Crippen molar-refractivity contribution in [2.24, 2.45) is 0 Å². The van der Waals surface area contributed by atoms with Crippen LogP contribution in [-0.2, 0) is 19.4 Å². The van der Waals surface area contributed by atoms with Crippen molar-refractivity contribution in [3.05, 3.63) is 0 Å². The van der Waals surface area contributed by atoms with E-state index in [-0.39, 0.29) is 13.2 Å². The van der Waals surface area contributed by atoms with Gasteiger partial charge in [-0.25, -0.2) is 8.42 Å². The van der Waals surface area contributed by atoms with Crippen LogP contribution in [0, 0.1) is 0 Å². The highest BCUT2D eigenvalue weighted by Gasteiger charge is 2.22. The van der Waals surface area contributed by atoms with E-state index in [1.807, 2.05) is 0 Å². The summed E-state index contributed by atoms with van der Waals surface area (Å²) in [7, 11) is -1.90. The number of aliphatic hydroxyl groups excluding tert-OH is 1. The number of carbonyl (C=O) groups is 1. The van der Waals surface area contributed by atoms with Crippen molar-refractivity contribution in [2.45, 2.75) is 24.7 Å². The average Bonchev–Trinajstić information content (AvgIpc) is 2.15. The smallest absolute Gasteiger partial charge is 0.238 e. The molecule has 1 amide bonds. The summed E-state index contributed by atoms with van der Waals surface area (Å²) in [5, 5.41) is 10.6. The zero-order chi connectivity index (χ0) is 12.8. The number of carbonyl (C=O) groups excluding carboxylic acids is 1. The van der Waals surface area contributed by atoms with Crippen LogP contribution in [0.1, 0.15) is 13.3 Å². The van der Waals surface area contributed by atoms with Crippen LogP contribution in [0.5, 0.6) is 0 Å². The molecule has 0 rings (SSSR count). The minimum absolute atomic E-state index is 0.192. The maximum Gasteiger partial charge on any atom is 0.238 e. The molecule has 7 heteroatoms. The molecule has 0 saturated heterocycles. The molecule has 0 heterocycles. The first-order valence-corrected chi connectivity index (χ1v) is 6.88. The summed E-state index contributed by atoms with van der Waals surface area (Å²) < 4.78 is 26.8. The quantitative estimate of drug-likeness (QED) is 0.603. The van der Waals surface area contributed by atoms with Gasteiger partial charge < -0.3 is 15.2 Å². The van der Waals surface area contributed by atoms with Crippen LogP contribution in [0.15, 0.2) is 0 Å². The first-order valence-electron chi connectivity index (χ1n) is 4.92. The SMILES string of the molecule is COCC(O)CCNC(=O)C(C)S(C)(=O)=O. The predicted octanol–water partition coefficient (Wildman–Crippen LogP) is -1.07. The molecule has 16 heavy (non-hydrogen) atoms. The molecule has 0 aliphatic carbocycles. The summed E-state index contributed by atoms with van der Waals surface area (Å²) in [6.45, 7) is 1.75. The Labute approximate surface area is 95.9 Å². The van der Waals surface area contributed by atoms with Crippen LogP contribution in [0.25, 0.3) is 0 Å². The van der Waals surface area contributed by atoms with E-state index in [0.29, 0.717) is 6.42 Å². The Morgan fingerprint density at radius 1 is 1.50 bits per heavy atom. The third-order valence-corrected chi connectivity index (χ3v) is 3.65. The van der Waals surface area contributed by atoms with E-state index in [1.165, 1.54) is 14.0 Å². The Morgan fingerprint density at radius 2 is 2.06 bits per heavy atom. The number of rotatable bonds is 7. The topological polar surface area (TPSA) is 92.7 Å². The lowest BCUT2D eigenvalue weighted by Crippen LogP contribution is -2.38. The van der Waals surface area contributed by atoms with E-state index < -0.39 is 27.1 Å². The van der Waals surface area contributed by atoms with Crippen molar-refractivity contribution in [3.63, 3.8) is 0 Å². The normalized spacial score (nSPS) is 15.5. The Hall–Kier alpha value is -0.660. The minimum atomic E-state index is -3.36. The van der Waals surface area contributed by atoms with Crippen LogP contribution in [-0.4, -0.2) is 57.3 Å². The van der Waals surface area contributed by atoms with Crippen LogP contribution in [0.4, 0.5) is 0 Å². The van der Waals surface area contributed by atoms with Crippen molar-refractivity contribution in [1.29, 1.82) is 0 Å². The summed E-state index contributed by atoms with van der Waals surface area (Å²) >= 11 is 0. The summed E-state index contributed by atoms with van der Waals surface area (Å²) in [4.78, 5) is 11.3. The van der Waals surface area contributed by atoms with E-state index >= 15 is 0 Å². The molecule has 0 spiro atoms. The lowest BCUT2D eigenvalue weighted by atomic mass is 10.2. The number of aliphatic hydroxyl groups is 1. The molecule has 0 aromatic rings. The van der Waals surface area contributed by atoms with E-state index in [1.54, 1.807) is 0 Å². The number of amides is 1. The Balaban J connectivity index is 3.91. The van der Waals surface area contributed by atoms with Crippen LogP contribution in [0.3, 0.4) is 0 Å². The third kappa shape index (κ3) is 6.04. The second-order valence-electron chi connectivity index (χ2n) is 3.66. The molecule has 6 nitrogen and oxygen atoms in total. The second-order valence-corrected chi connectivity index (χ2v) is 6.03. The molecule has 0 aliphatic heterocycles. The molecule has 0 aliphatic rings. The Kier molecular flexibility index (Phi) is 6.54. The van der Waals surface area contributed by atoms with E-state index in [0.717, 1.165) is 6.26 Å². The number of ether oxygens (including phenoxy) is 1. The van der Waals surface area contributed by atoms with Crippen LogP contribution >= 0.6 is 0 Å².